The van der Waals surface area contributed by atoms with Gasteiger partial charge < -0.3 is 9.64 Å². The Morgan fingerprint density at radius 3 is 1.96 bits per heavy atom. The fourth-order valence-electron chi connectivity index (χ4n) is 6.41. The molecule has 1 aromatic heterocycles. The number of fused-ring (bicyclic) bond motifs is 1. The maximum absolute atomic E-state index is 11.2. The van der Waals surface area contributed by atoms with Gasteiger partial charge in [0.2, 0.25) is 5.52 Å². The van der Waals surface area contributed by atoms with Crippen molar-refractivity contribution in [3.63, 3.8) is 0 Å². The van der Waals surface area contributed by atoms with Gasteiger partial charge in [-0.2, -0.15) is 4.57 Å². The smallest absolute Gasteiger partial charge is 0.269 e. The Balaban J connectivity index is 1.22. The maximum Gasteiger partial charge on any atom is 0.269 e. The Hall–Kier alpha value is -6.53. The Labute approximate surface area is 304 Å². The number of para-hydroxylation sites is 3. The number of nitro groups is 1. The lowest BCUT2D eigenvalue weighted by Crippen LogP contribution is -2.34. The van der Waals surface area contributed by atoms with Gasteiger partial charge in [-0.25, -0.2) is 0 Å². The van der Waals surface area contributed by atoms with E-state index >= 15 is 0 Å². The van der Waals surface area contributed by atoms with E-state index in [4.69, 9.17) is 4.74 Å². The molecule has 0 fully saturated rings. The average molecular weight is 683 g/mol. The van der Waals surface area contributed by atoms with Gasteiger partial charge in [0.25, 0.3) is 5.69 Å². The van der Waals surface area contributed by atoms with Crippen LogP contribution in [-0.4, -0.2) is 4.92 Å². The first-order valence-corrected chi connectivity index (χ1v) is 17.7. The standard InChI is InChI=1S/C46H40N3O3/c1-2-3-31-47-32-30-37(44-16-10-11-17-45(44)47)20-21-38-22-23-39(33-46(38)52-34-35-18-26-43(27-19-35)49(50)51)36-24-28-42(29-25-36)48(40-12-6-4-7-13-40)41-14-8-5-9-15-41/h4-30,32-33H,2-3,31,34H2,1H3/q+1. The second kappa shape index (κ2) is 16.0. The van der Waals surface area contributed by atoms with Gasteiger partial charge in [0.1, 0.15) is 18.9 Å². The van der Waals surface area contributed by atoms with Gasteiger partial charge in [-0.05, 0) is 82.9 Å². The molecule has 0 unspecified atom stereocenters. The van der Waals surface area contributed by atoms with Crippen molar-refractivity contribution in [2.75, 3.05) is 4.90 Å². The van der Waals surface area contributed by atoms with Crippen LogP contribution in [0, 0.1) is 10.1 Å². The molecule has 6 aromatic carbocycles. The molecule has 7 aromatic rings. The zero-order chi connectivity index (χ0) is 35.7. The van der Waals surface area contributed by atoms with Crippen LogP contribution in [-0.2, 0) is 13.2 Å². The summed E-state index contributed by atoms with van der Waals surface area (Å²) in [4.78, 5) is 13.1. The third-order valence-corrected chi connectivity index (χ3v) is 9.20. The van der Waals surface area contributed by atoms with Gasteiger partial charge in [-0.3, -0.25) is 10.1 Å². The molecule has 0 aliphatic carbocycles. The summed E-state index contributed by atoms with van der Waals surface area (Å²) in [7, 11) is 0. The molecule has 0 aliphatic heterocycles. The van der Waals surface area contributed by atoms with Crippen molar-refractivity contribution in [1.82, 2.24) is 0 Å². The second-order valence-corrected chi connectivity index (χ2v) is 12.7. The highest BCUT2D eigenvalue weighted by atomic mass is 16.6. The number of aryl methyl sites for hydroxylation is 1. The van der Waals surface area contributed by atoms with Crippen LogP contribution in [0.4, 0.5) is 22.7 Å². The molecule has 0 radical (unpaired) electrons. The van der Waals surface area contributed by atoms with Gasteiger partial charge >= 0.3 is 0 Å². The number of nitro benzene ring substituents is 1. The largest absolute Gasteiger partial charge is 0.488 e. The number of pyridine rings is 1. The maximum atomic E-state index is 11.2. The van der Waals surface area contributed by atoms with E-state index in [1.54, 1.807) is 12.1 Å². The fourth-order valence-corrected chi connectivity index (χ4v) is 6.41. The van der Waals surface area contributed by atoms with Gasteiger partial charge in [-0.15, -0.1) is 0 Å². The van der Waals surface area contributed by atoms with Crippen molar-refractivity contribution in [2.45, 2.75) is 32.9 Å². The number of nitrogens with zero attached hydrogens (tertiary/aromatic N) is 3. The molecule has 0 atom stereocenters. The third-order valence-electron chi connectivity index (χ3n) is 9.20. The summed E-state index contributed by atoms with van der Waals surface area (Å²) in [5.41, 5.74) is 9.50. The quantitative estimate of drug-likeness (QED) is 0.0690. The van der Waals surface area contributed by atoms with Crippen LogP contribution < -0.4 is 14.2 Å². The average Bonchev–Trinajstić information content (AvgIpc) is 3.20. The van der Waals surface area contributed by atoms with Crippen LogP contribution >= 0.6 is 0 Å². The molecule has 0 spiro atoms. The van der Waals surface area contributed by atoms with E-state index in [0.29, 0.717) is 0 Å². The molecule has 0 bridgehead atoms. The summed E-state index contributed by atoms with van der Waals surface area (Å²) < 4.78 is 8.80. The van der Waals surface area contributed by atoms with Crippen molar-refractivity contribution in [3.05, 3.63) is 191 Å². The molecular weight excluding hydrogens is 643 g/mol. The highest BCUT2D eigenvalue weighted by molar-refractivity contribution is 5.89. The van der Waals surface area contributed by atoms with Gasteiger partial charge in [0, 0.05) is 53.3 Å². The molecule has 1 heterocycles. The van der Waals surface area contributed by atoms with E-state index in [9.17, 15) is 10.1 Å². The van der Waals surface area contributed by atoms with Crippen molar-refractivity contribution in [2.24, 2.45) is 0 Å². The highest BCUT2D eigenvalue weighted by Gasteiger charge is 2.14. The van der Waals surface area contributed by atoms with E-state index in [0.717, 1.165) is 70.0 Å². The first-order valence-electron chi connectivity index (χ1n) is 17.7. The molecule has 52 heavy (non-hydrogen) atoms. The number of rotatable bonds is 13. The van der Waals surface area contributed by atoms with Crippen LogP contribution in [0.5, 0.6) is 5.75 Å². The number of hydrogen-bond acceptors (Lipinski definition) is 4. The first kappa shape index (κ1) is 33.9. The van der Waals surface area contributed by atoms with Crippen LogP contribution in [0.1, 0.15) is 36.5 Å². The highest BCUT2D eigenvalue weighted by Crippen LogP contribution is 2.36. The summed E-state index contributed by atoms with van der Waals surface area (Å²) in [6, 6.07) is 52.8. The molecule has 6 nitrogen and oxygen atoms in total. The number of hydrogen-bond donors (Lipinski definition) is 0. The first-order chi connectivity index (χ1) is 25.6. The predicted octanol–water partition coefficient (Wildman–Crippen LogP) is 11.7. The summed E-state index contributed by atoms with van der Waals surface area (Å²) in [6.45, 7) is 3.48. The van der Waals surface area contributed by atoms with Gasteiger partial charge in [0.15, 0.2) is 6.20 Å². The number of benzene rings is 6. The van der Waals surface area contributed by atoms with Crippen molar-refractivity contribution < 1.29 is 14.2 Å². The Morgan fingerprint density at radius 1 is 0.673 bits per heavy atom. The molecule has 256 valence electrons. The zero-order valence-electron chi connectivity index (χ0n) is 29.1. The summed E-state index contributed by atoms with van der Waals surface area (Å²) in [5.74, 6) is 0.727. The summed E-state index contributed by atoms with van der Waals surface area (Å²) >= 11 is 0. The fraction of sp³-hybridized carbons (Fsp3) is 0.109. The molecule has 7 rings (SSSR count). The van der Waals surface area contributed by atoms with E-state index in [-0.39, 0.29) is 17.2 Å². The van der Waals surface area contributed by atoms with Crippen molar-refractivity contribution >= 4 is 45.8 Å². The van der Waals surface area contributed by atoms with E-state index < -0.39 is 0 Å². The number of anilines is 3. The normalized spacial score (nSPS) is 11.2. The monoisotopic (exact) mass is 682 g/mol. The lowest BCUT2D eigenvalue weighted by atomic mass is 10.0. The molecule has 0 saturated heterocycles. The molecular formula is C46H40N3O3+. The third kappa shape index (κ3) is 7.77. The molecule has 0 saturated carbocycles. The van der Waals surface area contributed by atoms with Crippen LogP contribution in [0.25, 0.3) is 34.2 Å². The Morgan fingerprint density at radius 2 is 1.29 bits per heavy atom. The van der Waals surface area contributed by atoms with Crippen LogP contribution in [0.3, 0.4) is 0 Å². The van der Waals surface area contributed by atoms with Gasteiger partial charge in [-0.1, -0.05) is 98.3 Å². The zero-order valence-corrected chi connectivity index (χ0v) is 29.1. The van der Waals surface area contributed by atoms with Crippen LogP contribution in [0.2, 0.25) is 0 Å². The SMILES string of the molecule is CCCC[n+]1ccc(/C=C/c2ccc(-c3ccc(N(c4ccccc4)c4ccccc4)cc3)cc2OCc2ccc([N+](=O)[O-])cc2)c2ccccc21. The lowest BCUT2D eigenvalue weighted by Gasteiger charge is -2.25. The lowest BCUT2D eigenvalue weighted by molar-refractivity contribution is -0.671. The second-order valence-electron chi connectivity index (χ2n) is 12.7. The minimum Gasteiger partial charge on any atom is -0.488 e. The molecule has 0 amide bonds. The van der Waals surface area contributed by atoms with Crippen LogP contribution in [0.15, 0.2) is 164 Å². The molecule has 6 heteroatoms. The number of ether oxygens (including phenoxy) is 1. The summed E-state index contributed by atoms with van der Waals surface area (Å²) in [6.07, 6.45) is 8.70. The minimum atomic E-state index is -0.389. The van der Waals surface area contributed by atoms with Crippen molar-refractivity contribution in [3.8, 4) is 16.9 Å². The topological polar surface area (TPSA) is 59.5 Å². The van der Waals surface area contributed by atoms with Crippen molar-refractivity contribution in [1.29, 1.82) is 0 Å². The van der Waals surface area contributed by atoms with E-state index in [2.05, 4.69) is 156 Å². The Bertz CT molecular complexity index is 2260. The molecule has 0 aliphatic rings. The molecule has 0 N–H and O–H groups in total. The minimum absolute atomic E-state index is 0.0574. The van der Waals surface area contributed by atoms with E-state index in [1.807, 2.05) is 12.1 Å². The predicted molar refractivity (Wildman–Crippen MR) is 212 cm³/mol. The number of unbranched alkanes of at least 4 members (excludes halogenated alkanes) is 1. The summed E-state index contributed by atoms with van der Waals surface area (Å²) in [5, 5.41) is 12.4. The Kier molecular flexibility index (Phi) is 10.4. The van der Waals surface area contributed by atoms with Gasteiger partial charge in [0.05, 0.1) is 10.3 Å². The van der Waals surface area contributed by atoms with E-state index in [1.165, 1.54) is 23.0 Å². The number of aromatic nitrogens is 1. The number of non-ortho nitro benzene ring substituents is 1.